The van der Waals surface area contributed by atoms with Crippen molar-refractivity contribution in [3.8, 4) is 12.3 Å². The van der Waals surface area contributed by atoms with Crippen LogP contribution in [0.15, 0.2) is 83.9 Å². The zero-order chi connectivity index (χ0) is 21.8. The number of terminal acetylenes is 1. The van der Waals surface area contributed by atoms with Crippen LogP contribution in [0.2, 0.25) is 0 Å². The highest BCUT2D eigenvalue weighted by Crippen LogP contribution is 2.27. The molecule has 0 unspecified atom stereocenters. The molecular formula is C24H17N3O3S. The lowest BCUT2D eigenvalue weighted by Crippen LogP contribution is -2.20. The molecule has 0 aliphatic heterocycles. The minimum atomic E-state index is -0.568. The molecule has 31 heavy (non-hydrogen) atoms. The number of carbonyl (C=O) groups excluding carboxylic acids is 1. The highest BCUT2D eigenvalue weighted by molar-refractivity contribution is 7.16. The van der Waals surface area contributed by atoms with Gasteiger partial charge in [0.1, 0.15) is 0 Å². The number of aromatic nitrogens is 1. The predicted octanol–water partition coefficient (Wildman–Crippen LogP) is 4.50. The molecule has 1 heterocycles. The zero-order valence-corrected chi connectivity index (χ0v) is 17.2. The number of nitro groups is 1. The molecule has 1 aromatic heterocycles. The van der Waals surface area contributed by atoms with Crippen LogP contribution >= 0.6 is 11.3 Å². The highest BCUT2D eigenvalue weighted by atomic mass is 32.1. The van der Waals surface area contributed by atoms with Crippen molar-refractivity contribution in [2.45, 2.75) is 12.5 Å². The first kappa shape index (κ1) is 20.3. The van der Waals surface area contributed by atoms with Gasteiger partial charge in [0.05, 0.1) is 27.6 Å². The fourth-order valence-electron chi connectivity index (χ4n) is 3.43. The molecule has 4 rings (SSSR count). The largest absolute Gasteiger partial charge is 0.305 e. The summed E-state index contributed by atoms with van der Waals surface area (Å²) < 4.78 is 2.38. The van der Waals surface area contributed by atoms with Crippen LogP contribution in [0.1, 0.15) is 17.0 Å². The standard InChI is InChI=1S/C24H17N3O3S/c1-2-15-26-20-14-13-19(27(29)30)16-21(20)31-24(26)25-23(28)22(17-9-5-3-6-10-17)18-11-7-4-8-12-18/h1,3-14,16,22H,15H2. The van der Waals surface area contributed by atoms with Crippen molar-refractivity contribution in [2.24, 2.45) is 4.99 Å². The van der Waals surface area contributed by atoms with E-state index in [0.717, 1.165) is 11.1 Å². The van der Waals surface area contributed by atoms with E-state index in [-0.39, 0.29) is 18.1 Å². The summed E-state index contributed by atoms with van der Waals surface area (Å²) in [5.41, 5.74) is 2.35. The van der Waals surface area contributed by atoms with Gasteiger partial charge in [-0.3, -0.25) is 14.9 Å². The Bertz CT molecular complexity index is 1330. The van der Waals surface area contributed by atoms with E-state index < -0.39 is 10.8 Å². The van der Waals surface area contributed by atoms with E-state index in [1.54, 1.807) is 10.6 Å². The van der Waals surface area contributed by atoms with Crippen molar-refractivity contribution in [1.29, 1.82) is 0 Å². The van der Waals surface area contributed by atoms with Crippen molar-refractivity contribution in [3.63, 3.8) is 0 Å². The molecular weight excluding hydrogens is 410 g/mol. The van der Waals surface area contributed by atoms with E-state index in [2.05, 4.69) is 10.9 Å². The summed E-state index contributed by atoms with van der Waals surface area (Å²) in [6.07, 6.45) is 5.53. The molecule has 0 bridgehead atoms. The third-order valence-corrected chi connectivity index (χ3v) is 5.89. The van der Waals surface area contributed by atoms with Crippen LogP contribution in [0.4, 0.5) is 5.69 Å². The maximum Gasteiger partial charge on any atom is 0.270 e. The maximum absolute atomic E-state index is 13.4. The van der Waals surface area contributed by atoms with Crippen LogP contribution in [0.3, 0.4) is 0 Å². The average molecular weight is 427 g/mol. The van der Waals surface area contributed by atoms with Gasteiger partial charge >= 0.3 is 0 Å². The highest BCUT2D eigenvalue weighted by Gasteiger charge is 2.23. The first-order valence-electron chi connectivity index (χ1n) is 9.48. The lowest BCUT2D eigenvalue weighted by atomic mass is 9.91. The molecule has 0 aliphatic carbocycles. The maximum atomic E-state index is 13.4. The molecule has 0 radical (unpaired) electrons. The average Bonchev–Trinajstić information content (AvgIpc) is 3.12. The number of fused-ring (bicyclic) bond motifs is 1. The second-order valence-electron chi connectivity index (χ2n) is 6.79. The smallest absolute Gasteiger partial charge is 0.270 e. The van der Waals surface area contributed by atoms with Gasteiger partial charge in [-0.2, -0.15) is 4.99 Å². The number of benzene rings is 3. The Morgan fingerprint density at radius 1 is 1.06 bits per heavy atom. The molecule has 0 N–H and O–H groups in total. The minimum Gasteiger partial charge on any atom is -0.305 e. The van der Waals surface area contributed by atoms with E-state index in [1.165, 1.54) is 23.5 Å². The van der Waals surface area contributed by atoms with E-state index in [1.807, 2.05) is 60.7 Å². The molecule has 0 aliphatic rings. The number of hydrogen-bond donors (Lipinski definition) is 0. The van der Waals surface area contributed by atoms with Gasteiger partial charge in [0, 0.05) is 12.1 Å². The van der Waals surface area contributed by atoms with Gasteiger partial charge < -0.3 is 4.57 Å². The number of rotatable bonds is 5. The molecule has 0 saturated carbocycles. The Kier molecular flexibility index (Phi) is 5.74. The number of amides is 1. The summed E-state index contributed by atoms with van der Waals surface area (Å²) >= 11 is 1.21. The number of thiazole rings is 1. The second kappa shape index (κ2) is 8.78. The first-order chi connectivity index (χ1) is 15.1. The van der Waals surface area contributed by atoms with E-state index in [4.69, 9.17) is 6.42 Å². The summed E-state index contributed by atoms with van der Waals surface area (Å²) in [7, 11) is 0. The third kappa shape index (κ3) is 4.15. The van der Waals surface area contributed by atoms with Gasteiger partial charge in [0.15, 0.2) is 4.80 Å². The summed E-state index contributed by atoms with van der Waals surface area (Å²) in [5.74, 6) is 1.67. The fourth-order valence-corrected chi connectivity index (χ4v) is 4.50. The Morgan fingerprint density at radius 3 is 2.23 bits per heavy atom. The topological polar surface area (TPSA) is 77.5 Å². The number of nitro benzene ring substituents is 1. The number of hydrogen-bond acceptors (Lipinski definition) is 4. The Hall–Kier alpha value is -4.02. The number of carbonyl (C=O) groups is 1. The monoisotopic (exact) mass is 427 g/mol. The van der Waals surface area contributed by atoms with Crippen molar-refractivity contribution >= 4 is 33.1 Å². The lowest BCUT2D eigenvalue weighted by molar-refractivity contribution is -0.384. The lowest BCUT2D eigenvalue weighted by Gasteiger charge is -2.14. The molecule has 7 heteroatoms. The van der Waals surface area contributed by atoms with Crippen LogP contribution in [0.25, 0.3) is 10.2 Å². The van der Waals surface area contributed by atoms with Crippen molar-refractivity contribution in [3.05, 3.63) is 105 Å². The Morgan fingerprint density at radius 2 is 1.68 bits per heavy atom. The molecule has 6 nitrogen and oxygen atoms in total. The summed E-state index contributed by atoms with van der Waals surface area (Å²) in [4.78, 5) is 28.9. The van der Waals surface area contributed by atoms with E-state index in [0.29, 0.717) is 15.0 Å². The van der Waals surface area contributed by atoms with E-state index >= 15 is 0 Å². The molecule has 1 amide bonds. The van der Waals surface area contributed by atoms with Gasteiger partial charge in [0.2, 0.25) is 0 Å². The second-order valence-corrected chi connectivity index (χ2v) is 7.80. The summed E-state index contributed by atoms with van der Waals surface area (Å²) in [5, 5.41) is 11.1. The van der Waals surface area contributed by atoms with Gasteiger partial charge in [-0.1, -0.05) is 77.9 Å². The van der Waals surface area contributed by atoms with Gasteiger partial charge in [-0.25, -0.2) is 0 Å². The van der Waals surface area contributed by atoms with E-state index in [9.17, 15) is 14.9 Å². The first-order valence-corrected chi connectivity index (χ1v) is 10.3. The van der Waals surface area contributed by atoms with Gasteiger partial charge in [-0.15, -0.1) is 6.42 Å². The third-order valence-electron chi connectivity index (χ3n) is 4.85. The van der Waals surface area contributed by atoms with Crippen LogP contribution in [-0.2, 0) is 11.3 Å². The molecule has 0 atom stereocenters. The van der Waals surface area contributed by atoms with Crippen molar-refractivity contribution < 1.29 is 9.72 Å². The Labute approximate surface area is 182 Å². The normalized spacial score (nSPS) is 11.5. The molecule has 0 spiro atoms. The number of non-ortho nitro benzene ring substituents is 1. The number of nitrogens with zero attached hydrogens (tertiary/aromatic N) is 3. The fraction of sp³-hybridized carbons (Fsp3) is 0.0833. The van der Waals surface area contributed by atoms with Crippen molar-refractivity contribution in [1.82, 2.24) is 4.57 Å². The van der Waals surface area contributed by atoms with Crippen LogP contribution in [0, 0.1) is 22.5 Å². The van der Waals surface area contributed by atoms with Crippen LogP contribution < -0.4 is 4.80 Å². The van der Waals surface area contributed by atoms with Gasteiger partial charge in [-0.05, 0) is 17.2 Å². The minimum absolute atomic E-state index is 0.0223. The summed E-state index contributed by atoms with van der Waals surface area (Å²) in [6.45, 7) is 0.200. The Balaban J connectivity index is 1.87. The quantitative estimate of drug-likeness (QED) is 0.267. The molecule has 0 fully saturated rings. The predicted molar refractivity (Wildman–Crippen MR) is 121 cm³/mol. The van der Waals surface area contributed by atoms with Crippen LogP contribution in [-0.4, -0.2) is 15.4 Å². The molecule has 4 aromatic rings. The molecule has 152 valence electrons. The molecule has 3 aromatic carbocycles. The summed E-state index contributed by atoms with van der Waals surface area (Å²) in [6, 6.07) is 23.5. The van der Waals surface area contributed by atoms with Crippen LogP contribution in [0.5, 0.6) is 0 Å². The SMILES string of the molecule is C#CCn1c(=NC(=O)C(c2ccccc2)c2ccccc2)sc2cc([N+](=O)[O-])ccc21. The zero-order valence-electron chi connectivity index (χ0n) is 16.3. The van der Waals surface area contributed by atoms with Crippen molar-refractivity contribution in [2.75, 3.05) is 0 Å². The molecule has 0 saturated heterocycles. The van der Waals surface area contributed by atoms with Gasteiger partial charge in [0.25, 0.3) is 11.6 Å².